The first kappa shape index (κ1) is 17.4. The SMILES string of the molecule is CC(=O)NCc1ccc(C(=O)N[C@](C)(C=O)CC(=O)O)cc1. The van der Waals surface area contributed by atoms with Gasteiger partial charge in [0.05, 0.1) is 6.42 Å². The highest BCUT2D eigenvalue weighted by Crippen LogP contribution is 2.10. The Bertz CT molecular complexity index is 582. The third-order valence-electron chi connectivity index (χ3n) is 2.94. The van der Waals surface area contributed by atoms with E-state index >= 15 is 0 Å². The van der Waals surface area contributed by atoms with E-state index in [9.17, 15) is 19.2 Å². The van der Waals surface area contributed by atoms with Crippen molar-refractivity contribution in [3.8, 4) is 0 Å². The van der Waals surface area contributed by atoms with Crippen molar-refractivity contribution in [3.63, 3.8) is 0 Å². The lowest BCUT2D eigenvalue weighted by Gasteiger charge is -2.22. The number of carboxylic acid groups (broad SMARTS) is 1. The smallest absolute Gasteiger partial charge is 0.306 e. The summed E-state index contributed by atoms with van der Waals surface area (Å²) >= 11 is 0. The van der Waals surface area contributed by atoms with E-state index in [1.165, 1.54) is 13.8 Å². The van der Waals surface area contributed by atoms with Gasteiger partial charge in [0.2, 0.25) is 5.91 Å². The molecule has 1 aromatic rings. The van der Waals surface area contributed by atoms with Crippen molar-refractivity contribution < 1.29 is 24.3 Å². The third kappa shape index (κ3) is 5.35. The van der Waals surface area contributed by atoms with E-state index in [4.69, 9.17) is 5.11 Å². The lowest BCUT2D eigenvalue weighted by molar-refractivity contribution is -0.139. The normalized spacial score (nSPS) is 12.8. The van der Waals surface area contributed by atoms with Crippen LogP contribution in [0.25, 0.3) is 0 Å². The maximum absolute atomic E-state index is 12.0. The fourth-order valence-electron chi connectivity index (χ4n) is 1.76. The molecule has 0 aliphatic rings. The molecule has 118 valence electrons. The van der Waals surface area contributed by atoms with Crippen LogP contribution in [0.15, 0.2) is 24.3 Å². The number of aliphatic carboxylic acids is 1. The highest BCUT2D eigenvalue weighted by molar-refractivity contribution is 5.97. The van der Waals surface area contributed by atoms with Gasteiger partial charge in [-0.1, -0.05) is 12.1 Å². The minimum absolute atomic E-state index is 0.155. The molecule has 3 N–H and O–H groups in total. The van der Waals surface area contributed by atoms with E-state index in [1.807, 2.05) is 0 Å². The topological polar surface area (TPSA) is 113 Å². The Morgan fingerprint density at radius 1 is 1.23 bits per heavy atom. The molecule has 2 amide bonds. The highest BCUT2D eigenvalue weighted by atomic mass is 16.4. The zero-order chi connectivity index (χ0) is 16.8. The molecule has 0 spiro atoms. The third-order valence-corrected chi connectivity index (χ3v) is 2.94. The first-order valence-corrected chi connectivity index (χ1v) is 6.60. The molecule has 0 aliphatic carbocycles. The van der Waals surface area contributed by atoms with Gasteiger partial charge in [-0.25, -0.2) is 0 Å². The first-order chi connectivity index (χ1) is 10.3. The molecule has 0 aromatic heterocycles. The maximum Gasteiger partial charge on any atom is 0.306 e. The Morgan fingerprint density at radius 3 is 2.27 bits per heavy atom. The summed E-state index contributed by atoms with van der Waals surface area (Å²) in [6.07, 6.45) is -0.0903. The van der Waals surface area contributed by atoms with Crippen molar-refractivity contribution in [2.75, 3.05) is 0 Å². The predicted molar refractivity (Wildman–Crippen MR) is 78.2 cm³/mol. The zero-order valence-electron chi connectivity index (χ0n) is 12.4. The van der Waals surface area contributed by atoms with Crippen LogP contribution in [-0.2, 0) is 20.9 Å². The van der Waals surface area contributed by atoms with E-state index in [0.717, 1.165) is 5.56 Å². The summed E-state index contributed by atoms with van der Waals surface area (Å²) in [5.74, 6) is -1.88. The van der Waals surface area contributed by atoms with E-state index < -0.39 is 23.8 Å². The number of aldehydes is 1. The van der Waals surface area contributed by atoms with Gasteiger partial charge < -0.3 is 20.5 Å². The molecule has 0 heterocycles. The van der Waals surface area contributed by atoms with Crippen molar-refractivity contribution in [1.82, 2.24) is 10.6 Å². The van der Waals surface area contributed by atoms with Gasteiger partial charge in [-0.2, -0.15) is 0 Å². The largest absolute Gasteiger partial charge is 0.481 e. The van der Waals surface area contributed by atoms with Gasteiger partial charge in [0, 0.05) is 19.0 Å². The molecular formula is C15H18N2O5. The van der Waals surface area contributed by atoms with Gasteiger partial charge >= 0.3 is 5.97 Å². The van der Waals surface area contributed by atoms with Crippen molar-refractivity contribution in [3.05, 3.63) is 35.4 Å². The summed E-state index contributed by atoms with van der Waals surface area (Å²) in [5, 5.41) is 13.8. The summed E-state index contributed by atoms with van der Waals surface area (Å²) < 4.78 is 0. The van der Waals surface area contributed by atoms with Gasteiger partial charge in [-0.15, -0.1) is 0 Å². The van der Waals surface area contributed by atoms with Crippen molar-refractivity contribution >= 4 is 24.1 Å². The number of carboxylic acids is 1. The molecule has 0 fully saturated rings. The van der Waals surface area contributed by atoms with Gasteiger partial charge in [-0.05, 0) is 24.6 Å². The lowest BCUT2D eigenvalue weighted by Crippen LogP contribution is -2.48. The second-order valence-electron chi connectivity index (χ2n) is 5.17. The van der Waals surface area contributed by atoms with Gasteiger partial charge in [0.25, 0.3) is 5.91 Å². The van der Waals surface area contributed by atoms with Crippen LogP contribution in [-0.4, -0.2) is 34.7 Å². The number of nitrogens with one attached hydrogen (secondary N) is 2. The number of carbonyl (C=O) groups is 4. The van der Waals surface area contributed by atoms with Crippen LogP contribution >= 0.6 is 0 Å². The lowest BCUT2D eigenvalue weighted by atomic mass is 9.99. The monoisotopic (exact) mass is 306 g/mol. The minimum atomic E-state index is -1.46. The van der Waals surface area contributed by atoms with E-state index in [0.29, 0.717) is 18.4 Å². The predicted octanol–water partition coefficient (Wildman–Crippen LogP) is 0.485. The van der Waals surface area contributed by atoms with Crippen LogP contribution in [0.5, 0.6) is 0 Å². The average molecular weight is 306 g/mol. The Labute approximate surface area is 127 Å². The molecule has 0 unspecified atom stereocenters. The van der Waals surface area contributed by atoms with E-state index in [2.05, 4.69) is 10.6 Å². The van der Waals surface area contributed by atoms with Crippen LogP contribution in [0, 0.1) is 0 Å². The molecule has 7 heteroatoms. The molecule has 0 saturated carbocycles. The molecule has 0 radical (unpaired) electrons. The van der Waals surface area contributed by atoms with E-state index in [1.54, 1.807) is 24.3 Å². The van der Waals surface area contributed by atoms with Gasteiger partial charge in [-0.3, -0.25) is 14.4 Å². The standard InChI is InChI=1S/C15H18N2O5/c1-10(19)16-8-11-3-5-12(6-4-11)14(22)17-15(2,9-18)7-13(20)21/h3-6,9H,7-8H2,1-2H3,(H,16,19)(H,17,22)(H,20,21)/t15-/m0/s1. The minimum Gasteiger partial charge on any atom is -0.481 e. The first-order valence-electron chi connectivity index (χ1n) is 6.60. The van der Waals surface area contributed by atoms with E-state index in [-0.39, 0.29) is 5.91 Å². The average Bonchev–Trinajstić information content (AvgIpc) is 2.44. The van der Waals surface area contributed by atoms with Crippen LogP contribution in [0.1, 0.15) is 36.2 Å². The number of hydrogen-bond donors (Lipinski definition) is 3. The number of benzene rings is 1. The van der Waals surface area contributed by atoms with Crippen LogP contribution < -0.4 is 10.6 Å². The Hall–Kier alpha value is -2.70. The van der Waals surface area contributed by atoms with Crippen LogP contribution in [0.3, 0.4) is 0 Å². The zero-order valence-corrected chi connectivity index (χ0v) is 12.4. The van der Waals surface area contributed by atoms with Crippen molar-refractivity contribution in [2.45, 2.75) is 32.4 Å². The summed E-state index contributed by atoms with van der Waals surface area (Å²) in [6.45, 7) is 3.10. The number of rotatable bonds is 7. The molecule has 1 atom stereocenters. The highest BCUT2D eigenvalue weighted by Gasteiger charge is 2.29. The molecule has 0 aliphatic heterocycles. The van der Waals surface area contributed by atoms with Gasteiger partial charge in [0.15, 0.2) is 0 Å². The molecule has 1 aromatic carbocycles. The Balaban J connectivity index is 2.74. The summed E-state index contributed by atoms with van der Waals surface area (Å²) in [7, 11) is 0. The molecular weight excluding hydrogens is 288 g/mol. The maximum atomic E-state index is 12.0. The molecule has 0 saturated heterocycles. The summed E-state index contributed by atoms with van der Waals surface area (Å²) in [6, 6.07) is 6.41. The molecule has 7 nitrogen and oxygen atoms in total. The summed E-state index contributed by atoms with van der Waals surface area (Å²) in [5.41, 5.74) is -0.349. The quantitative estimate of drug-likeness (QED) is 0.634. The fourth-order valence-corrected chi connectivity index (χ4v) is 1.76. The molecule has 0 bridgehead atoms. The Morgan fingerprint density at radius 2 is 1.82 bits per heavy atom. The van der Waals surface area contributed by atoms with Crippen molar-refractivity contribution in [1.29, 1.82) is 0 Å². The molecule has 1 rings (SSSR count). The summed E-state index contributed by atoms with van der Waals surface area (Å²) in [4.78, 5) is 44.6. The second-order valence-corrected chi connectivity index (χ2v) is 5.17. The Kier molecular flexibility index (Phi) is 5.80. The second kappa shape index (κ2) is 7.35. The fraction of sp³-hybridized carbons (Fsp3) is 0.333. The van der Waals surface area contributed by atoms with Gasteiger partial charge in [0.1, 0.15) is 11.8 Å². The van der Waals surface area contributed by atoms with Crippen molar-refractivity contribution in [2.24, 2.45) is 0 Å². The number of carbonyl (C=O) groups excluding carboxylic acids is 3. The number of amides is 2. The van der Waals surface area contributed by atoms with Crippen LogP contribution in [0.4, 0.5) is 0 Å². The number of hydrogen-bond acceptors (Lipinski definition) is 4. The van der Waals surface area contributed by atoms with Crippen LogP contribution in [0.2, 0.25) is 0 Å². The molecule has 22 heavy (non-hydrogen) atoms.